The summed E-state index contributed by atoms with van der Waals surface area (Å²) in [4.78, 5) is 23.9. The second kappa shape index (κ2) is 10.5. The maximum absolute atomic E-state index is 13.0. The lowest BCUT2D eigenvalue weighted by Gasteiger charge is -2.15. The van der Waals surface area contributed by atoms with Gasteiger partial charge in [0.1, 0.15) is 6.04 Å². The summed E-state index contributed by atoms with van der Waals surface area (Å²) in [5.74, 6) is -1.54. The second-order valence-corrected chi connectivity index (χ2v) is 10.4. The van der Waals surface area contributed by atoms with E-state index < -0.39 is 27.9 Å². The van der Waals surface area contributed by atoms with Crippen LogP contribution in [0.15, 0.2) is 59.5 Å². The Hall–Kier alpha value is -3.36. The van der Waals surface area contributed by atoms with Gasteiger partial charge in [-0.2, -0.15) is 0 Å². The van der Waals surface area contributed by atoms with E-state index in [0.29, 0.717) is 33.0 Å². The number of benzene rings is 3. The number of amides is 1. The van der Waals surface area contributed by atoms with Gasteiger partial charge in [-0.15, -0.1) is 0 Å². The molecule has 0 bridgehead atoms. The maximum atomic E-state index is 13.0. The van der Waals surface area contributed by atoms with Gasteiger partial charge in [0.2, 0.25) is 0 Å². The number of sulfonamides is 1. The predicted molar refractivity (Wildman–Crippen MR) is 138 cm³/mol. The fraction of sp³-hybridized carbons (Fsp3) is 0.231. The number of carbonyl (C=O) groups is 2. The molecule has 0 aromatic heterocycles. The van der Waals surface area contributed by atoms with E-state index >= 15 is 0 Å². The standard InChI is InChI=1S/C26H27ClN2O5S/c1-5-23(26(31)32)28-25(30)21-10-9-19(11-15(21)2)18-7-6-8-20(14-18)29-35(33,34)24-13-16(3)22(27)12-17(24)4/h6-14,23,29H,5H2,1-4H3,(H,28,30)(H,31,32)/t23-/m0/s1. The minimum atomic E-state index is -3.84. The third-order valence-electron chi connectivity index (χ3n) is 5.68. The van der Waals surface area contributed by atoms with E-state index in [9.17, 15) is 23.1 Å². The molecule has 3 rings (SSSR count). The number of hydrogen-bond acceptors (Lipinski definition) is 4. The molecule has 0 saturated heterocycles. The molecule has 0 saturated carbocycles. The van der Waals surface area contributed by atoms with E-state index in [1.54, 1.807) is 76.2 Å². The summed E-state index contributed by atoms with van der Waals surface area (Å²) in [6.45, 7) is 6.89. The van der Waals surface area contributed by atoms with Crippen LogP contribution in [0.25, 0.3) is 11.1 Å². The minimum Gasteiger partial charge on any atom is -0.480 e. The van der Waals surface area contributed by atoms with E-state index in [4.69, 9.17) is 11.6 Å². The topological polar surface area (TPSA) is 113 Å². The number of carboxylic acid groups (broad SMARTS) is 1. The first kappa shape index (κ1) is 26.2. The number of hydrogen-bond donors (Lipinski definition) is 3. The molecule has 0 spiro atoms. The van der Waals surface area contributed by atoms with Crippen LogP contribution in [0.4, 0.5) is 5.69 Å². The summed E-state index contributed by atoms with van der Waals surface area (Å²) < 4.78 is 28.7. The molecule has 0 aliphatic carbocycles. The number of rotatable bonds is 8. The lowest BCUT2D eigenvalue weighted by Crippen LogP contribution is -2.40. The molecule has 184 valence electrons. The van der Waals surface area contributed by atoms with Crippen molar-refractivity contribution in [3.05, 3.63) is 81.9 Å². The summed E-state index contributed by atoms with van der Waals surface area (Å²) in [6.07, 6.45) is 0.274. The largest absolute Gasteiger partial charge is 0.480 e. The number of nitrogens with one attached hydrogen (secondary N) is 2. The Kier molecular flexibility index (Phi) is 7.87. The zero-order valence-corrected chi connectivity index (χ0v) is 21.4. The van der Waals surface area contributed by atoms with Crippen molar-refractivity contribution in [3.8, 4) is 11.1 Å². The molecule has 0 aliphatic heterocycles. The van der Waals surface area contributed by atoms with Gasteiger partial charge in [0.25, 0.3) is 15.9 Å². The van der Waals surface area contributed by atoms with Gasteiger partial charge in [0.15, 0.2) is 0 Å². The fourth-order valence-electron chi connectivity index (χ4n) is 3.69. The SMILES string of the molecule is CC[C@H](NC(=O)c1ccc(-c2cccc(NS(=O)(=O)c3cc(C)c(Cl)cc3C)c2)cc1C)C(=O)O. The molecule has 0 fully saturated rings. The van der Waals surface area contributed by atoms with Crippen molar-refractivity contribution in [2.24, 2.45) is 0 Å². The number of carboxylic acids is 1. The monoisotopic (exact) mass is 514 g/mol. The Morgan fingerprint density at radius 2 is 1.63 bits per heavy atom. The van der Waals surface area contributed by atoms with Gasteiger partial charge in [-0.05, 0) is 85.3 Å². The van der Waals surface area contributed by atoms with Gasteiger partial charge in [0, 0.05) is 16.3 Å². The van der Waals surface area contributed by atoms with Crippen molar-refractivity contribution < 1.29 is 23.1 Å². The quantitative estimate of drug-likeness (QED) is 0.376. The van der Waals surface area contributed by atoms with Crippen LogP contribution in [0.1, 0.15) is 40.4 Å². The highest BCUT2D eigenvalue weighted by molar-refractivity contribution is 7.92. The number of carbonyl (C=O) groups excluding carboxylic acids is 1. The van der Waals surface area contributed by atoms with Crippen LogP contribution >= 0.6 is 11.6 Å². The zero-order valence-electron chi connectivity index (χ0n) is 19.8. The van der Waals surface area contributed by atoms with Crippen molar-refractivity contribution in [2.75, 3.05) is 4.72 Å². The van der Waals surface area contributed by atoms with Crippen LogP contribution in [0, 0.1) is 20.8 Å². The number of anilines is 1. The Bertz CT molecular complexity index is 1400. The average molecular weight is 515 g/mol. The lowest BCUT2D eigenvalue weighted by molar-refractivity contribution is -0.139. The number of aryl methyl sites for hydroxylation is 3. The Morgan fingerprint density at radius 3 is 2.26 bits per heavy atom. The molecular formula is C26H27ClN2O5S. The fourth-order valence-corrected chi connectivity index (χ4v) is 5.27. The van der Waals surface area contributed by atoms with Crippen molar-refractivity contribution in [1.82, 2.24) is 5.32 Å². The van der Waals surface area contributed by atoms with E-state index in [1.165, 1.54) is 0 Å². The molecule has 0 aliphatic rings. The maximum Gasteiger partial charge on any atom is 0.326 e. The normalized spacial score (nSPS) is 12.1. The van der Waals surface area contributed by atoms with Gasteiger partial charge in [0.05, 0.1) is 4.90 Å². The highest BCUT2D eigenvalue weighted by Gasteiger charge is 2.21. The van der Waals surface area contributed by atoms with Crippen LogP contribution in [-0.4, -0.2) is 31.4 Å². The Labute approximate surface area is 210 Å². The third kappa shape index (κ3) is 6.01. The van der Waals surface area contributed by atoms with Gasteiger partial charge < -0.3 is 10.4 Å². The van der Waals surface area contributed by atoms with Gasteiger partial charge in [-0.1, -0.05) is 42.8 Å². The molecule has 0 radical (unpaired) electrons. The lowest BCUT2D eigenvalue weighted by atomic mass is 9.99. The third-order valence-corrected chi connectivity index (χ3v) is 7.61. The first-order chi connectivity index (χ1) is 16.4. The highest BCUT2D eigenvalue weighted by atomic mass is 35.5. The summed E-state index contributed by atoms with van der Waals surface area (Å²) in [7, 11) is -3.84. The van der Waals surface area contributed by atoms with E-state index in [2.05, 4.69) is 10.0 Å². The van der Waals surface area contributed by atoms with Gasteiger partial charge in [-0.3, -0.25) is 9.52 Å². The molecule has 1 atom stereocenters. The summed E-state index contributed by atoms with van der Waals surface area (Å²) in [5.41, 5.74) is 4.17. The average Bonchev–Trinajstić information content (AvgIpc) is 2.79. The summed E-state index contributed by atoms with van der Waals surface area (Å²) in [6, 6.07) is 14.3. The zero-order chi connectivity index (χ0) is 25.9. The first-order valence-electron chi connectivity index (χ1n) is 11.0. The molecule has 0 unspecified atom stereocenters. The van der Waals surface area contributed by atoms with E-state index in [0.717, 1.165) is 11.1 Å². The van der Waals surface area contributed by atoms with Crippen LogP contribution in [0.3, 0.4) is 0 Å². The second-order valence-electron chi connectivity index (χ2n) is 8.36. The van der Waals surface area contributed by atoms with Crippen molar-refractivity contribution in [2.45, 2.75) is 45.1 Å². The highest BCUT2D eigenvalue weighted by Crippen LogP contribution is 2.28. The number of halogens is 1. The van der Waals surface area contributed by atoms with Crippen molar-refractivity contribution in [3.63, 3.8) is 0 Å². The smallest absolute Gasteiger partial charge is 0.326 e. The molecule has 1 amide bonds. The summed E-state index contributed by atoms with van der Waals surface area (Å²) in [5, 5.41) is 12.2. The molecular weight excluding hydrogens is 488 g/mol. The predicted octanol–water partition coefficient (Wildman–Crippen LogP) is 5.33. The molecule has 9 heteroatoms. The van der Waals surface area contributed by atoms with E-state index in [1.807, 2.05) is 6.07 Å². The molecule has 7 nitrogen and oxygen atoms in total. The first-order valence-corrected chi connectivity index (χ1v) is 12.8. The van der Waals surface area contributed by atoms with Crippen molar-refractivity contribution >= 4 is 39.2 Å². The number of aliphatic carboxylic acids is 1. The van der Waals surface area contributed by atoms with Crippen LogP contribution in [0.2, 0.25) is 5.02 Å². The van der Waals surface area contributed by atoms with E-state index in [-0.39, 0.29) is 11.3 Å². The van der Waals surface area contributed by atoms with Gasteiger partial charge in [-0.25, -0.2) is 13.2 Å². The molecule has 3 aromatic carbocycles. The van der Waals surface area contributed by atoms with Gasteiger partial charge >= 0.3 is 5.97 Å². The molecule has 0 heterocycles. The van der Waals surface area contributed by atoms with Crippen molar-refractivity contribution in [1.29, 1.82) is 0 Å². The van der Waals surface area contributed by atoms with Crippen LogP contribution in [-0.2, 0) is 14.8 Å². The Balaban J connectivity index is 1.86. The molecule has 3 N–H and O–H groups in total. The summed E-state index contributed by atoms with van der Waals surface area (Å²) >= 11 is 6.11. The Morgan fingerprint density at radius 1 is 0.943 bits per heavy atom. The molecule has 35 heavy (non-hydrogen) atoms. The van der Waals surface area contributed by atoms with Crippen LogP contribution < -0.4 is 10.0 Å². The minimum absolute atomic E-state index is 0.155. The molecule has 3 aromatic rings. The van der Waals surface area contributed by atoms with Crippen LogP contribution in [0.5, 0.6) is 0 Å².